The van der Waals surface area contributed by atoms with E-state index in [4.69, 9.17) is 37.9 Å². The van der Waals surface area contributed by atoms with Gasteiger partial charge in [-0.3, -0.25) is 38.6 Å². The minimum absolute atomic E-state index is 0.0128. The third kappa shape index (κ3) is 14.3. The van der Waals surface area contributed by atoms with Crippen LogP contribution in [0.3, 0.4) is 0 Å². The highest BCUT2D eigenvalue weighted by Crippen LogP contribution is 2.59. The summed E-state index contributed by atoms with van der Waals surface area (Å²) in [6, 6.07) is 6.74. The smallest absolute Gasteiger partial charge is 0.416 e. The predicted molar refractivity (Wildman–Crippen MR) is 336 cm³/mol. The van der Waals surface area contributed by atoms with Gasteiger partial charge in [0.25, 0.3) is 23.6 Å². The summed E-state index contributed by atoms with van der Waals surface area (Å²) in [6.07, 6.45) is -38.7. The summed E-state index contributed by atoms with van der Waals surface area (Å²) in [5.74, 6) is -16.1. The van der Waals surface area contributed by atoms with Crippen molar-refractivity contribution < 1.29 is 146 Å². The molecule has 0 radical (unpaired) electrons. The summed E-state index contributed by atoms with van der Waals surface area (Å²) in [6.45, 7) is -1.59. The average molecular weight is 1530 g/mol. The summed E-state index contributed by atoms with van der Waals surface area (Å²) < 4.78 is 311. The van der Waals surface area contributed by atoms with E-state index in [1.54, 1.807) is 0 Å². The van der Waals surface area contributed by atoms with Gasteiger partial charge in [-0.25, -0.2) is 0 Å². The first-order valence-corrected chi connectivity index (χ1v) is 32.4. The van der Waals surface area contributed by atoms with Gasteiger partial charge < -0.3 is 47.7 Å². The minimum Gasteiger partial charge on any atom is -0.457 e. The Morgan fingerprint density at radius 1 is 0.343 bits per heavy atom. The molecule has 6 atom stereocenters. The van der Waals surface area contributed by atoms with Gasteiger partial charge in [-0.05, 0) is 121 Å². The van der Waals surface area contributed by atoms with E-state index in [1.807, 2.05) is 0 Å². The van der Waals surface area contributed by atoms with E-state index >= 15 is 55.1 Å². The predicted octanol–water partition coefficient (Wildman–Crippen LogP) is 16.1. The zero-order valence-corrected chi connectivity index (χ0v) is 54.4. The molecule has 6 aliphatic heterocycles. The van der Waals surface area contributed by atoms with Crippen LogP contribution in [0.1, 0.15) is 76.5 Å². The van der Waals surface area contributed by atoms with Crippen molar-refractivity contribution in [1.82, 2.24) is 19.6 Å². The van der Waals surface area contributed by atoms with E-state index in [2.05, 4.69) is 0 Å². The van der Waals surface area contributed by atoms with Gasteiger partial charge in [-0.15, -0.1) is 0 Å². The van der Waals surface area contributed by atoms with Crippen LogP contribution in [0.2, 0.25) is 0 Å². The molecule has 0 N–H and O–H groups in total. The van der Waals surface area contributed by atoms with Gasteiger partial charge in [0.15, 0.2) is 0 Å². The number of alkyl halides is 18. The number of rotatable bonds is 22. The topological polar surface area (TPSA) is 202 Å². The molecule has 9 aromatic rings. The molecular weight excluding hydrogens is 1490 g/mol. The van der Waals surface area contributed by atoms with Crippen LogP contribution in [0, 0.1) is 0 Å². The fourth-order valence-electron chi connectivity index (χ4n) is 13.4. The molecule has 4 fully saturated rings. The molecule has 6 amide bonds. The van der Waals surface area contributed by atoms with Crippen LogP contribution in [-0.4, -0.2) is 157 Å². The Hall–Kier alpha value is -10.7. The lowest BCUT2D eigenvalue weighted by atomic mass is 9.80. The lowest BCUT2D eigenvalue weighted by molar-refractivity contribution is -0.159. The minimum atomic E-state index is -5.43. The third-order valence-electron chi connectivity index (χ3n) is 18.6. The maximum Gasteiger partial charge on any atom is 0.416 e. The number of hydrogen-bond donors (Lipinski definition) is 0. The molecule has 9 aromatic carbocycles. The monoisotopic (exact) mass is 1530 g/mol. The van der Waals surface area contributed by atoms with Crippen molar-refractivity contribution in [2.75, 3.05) is 52.6 Å². The van der Waals surface area contributed by atoms with Crippen molar-refractivity contribution in [3.8, 4) is 46.0 Å². The SMILES string of the molecule is O=C(C(CC(F)(F)F)N1C(=O)c2cc(Oc3ccc(C(F)(F)F)cc3)c3c4c(Oc5ccc(C(F)(F)F)cc5)cc5c6c(cc(Oc7ccc(C(F)(F)F)cc7)c(c7c(Oc8ccc(C(F)(F)F)cc8)cc(c2c37)C1=O)c64)C(=O)N(C(CC(F)(F)F)C(=O)N(CC1CO1)CC1CO1)C5=O)N(CC1CO1)CC1CO1. The first-order valence-electron chi connectivity index (χ1n) is 32.4. The van der Waals surface area contributed by atoms with Crippen molar-refractivity contribution in [2.24, 2.45) is 0 Å². The van der Waals surface area contributed by atoms with Gasteiger partial charge in [0, 0.05) is 69.3 Å². The number of carbonyl (C=O) groups excluding carboxylic acids is 6. The molecule has 6 unspecified atom stereocenters. The summed E-state index contributed by atoms with van der Waals surface area (Å²) in [7, 11) is 0. The molecule has 4 saturated heterocycles. The molecule has 0 bridgehead atoms. The summed E-state index contributed by atoms with van der Waals surface area (Å²) in [5.41, 5.74) is -8.93. The van der Waals surface area contributed by atoms with Crippen LogP contribution in [0.5, 0.6) is 46.0 Å². The number of halogens is 18. The van der Waals surface area contributed by atoms with E-state index in [1.165, 1.54) is 0 Å². The van der Waals surface area contributed by atoms with Crippen molar-refractivity contribution in [2.45, 2.75) is 86.4 Å². The number of fused-ring (bicyclic) bond motifs is 2. The standard InChI is InChI=1S/C72H46F18N4O14/c73-67(74,75)21-47(65(99)91(23-39-27-101-39)24-40-28-102-40)93-61(95)43-17-49(105-35-9-1-31(2-10-35)69(79,80)81)55-56-50(106-36-11-3-32(4-12-36)70(82,83)84)18-45-54-46(64(98)94(63(45)97)48(22-68(76,77)78)66(100)92(25-41-29-103-41)26-42-30-104-42)20-52(108-38-15-7-34(8-16-38)72(88,89)90)58(60(54)56)57-51(19-44(62(93)96)53(43)59(55)57)107-37-13-5-33(6-14-37)71(85,86)87/h1-20,39-42,47-48H,21-30H2. The number of ether oxygens (including phenoxy) is 8. The van der Waals surface area contributed by atoms with E-state index in [0.717, 1.165) is 34.1 Å². The summed E-state index contributed by atoms with van der Waals surface area (Å²) in [5, 5.41) is -5.47. The van der Waals surface area contributed by atoms with Gasteiger partial charge in [0.2, 0.25) is 11.8 Å². The number of imide groups is 2. The normalized spacial score (nSPS) is 19.2. The van der Waals surface area contributed by atoms with Gasteiger partial charge in [0.1, 0.15) is 58.1 Å². The molecule has 18 nitrogen and oxygen atoms in total. The number of hydrogen-bond acceptors (Lipinski definition) is 14. The molecule has 6 heterocycles. The van der Waals surface area contributed by atoms with Gasteiger partial charge in [0.05, 0.1) is 108 Å². The molecule has 0 spiro atoms. The second kappa shape index (κ2) is 26.0. The van der Waals surface area contributed by atoms with Crippen LogP contribution in [0.15, 0.2) is 121 Å². The van der Waals surface area contributed by atoms with E-state index in [9.17, 15) is 52.7 Å². The molecule has 36 heteroatoms. The Kier molecular flexibility index (Phi) is 17.5. The van der Waals surface area contributed by atoms with Crippen molar-refractivity contribution in [1.29, 1.82) is 0 Å². The third-order valence-corrected chi connectivity index (χ3v) is 18.6. The van der Waals surface area contributed by atoms with Crippen LogP contribution < -0.4 is 18.9 Å². The lowest BCUT2D eigenvalue weighted by Gasteiger charge is -2.37. The number of carbonyl (C=O) groups is 6. The number of nitrogens with zero attached hydrogens (tertiary/aromatic N) is 4. The molecule has 6 aliphatic rings. The first-order chi connectivity index (χ1) is 50.7. The second-order valence-electron chi connectivity index (χ2n) is 26.1. The molecule has 0 aliphatic carbocycles. The lowest BCUT2D eigenvalue weighted by Crippen LogP contribution is -2.57. The Balaban J connectivity index is 1.09. The fourth-order valence-corrected chi connectivity index (χ4v) is 13.4. The van der Waals surface area contributed by atoms with E-state index in [-0.39, 0.29) is 36.2 Å². The Labute approximate surface area is 592 Å². The van der Waals surface area contributed by atoms with Crippen LogP contribution in [0.25, 0.3) is 43.1 Å². The van der Waals surface area contributed by atoms with E-state index < -0.39 is 282 Å². The second-order valence-corrected chi connectivity index (χ2v) is 26.1. The van der Waals surface area contributed by atoms with Crippen molar-refractivity contribution in [3.63, 3.8) is 0 Å². The fraction of sp³-hybridized carbons (Fsp3) is 0.306. The highest BCUT2D eigenvalue weighted by molar-refractivity contribution is 6.45. The quantitative estimate of drug-likeness (QED) is 0.0204. The summed E-state index contributed by atoms with van der Waals surface area (Å²) in [4.78, 5) is 95.4. The molecule has 564 valence electrons. The largest absolute Gasteiger partial charge is 0.457 e. The van der Waals surface area contributed by atoms with Crippen LogP contribution >= 0.6 is 0 Å². The Morgan fingerprint density at radius 3 is 0.722 bits per heavy atom. The zero-order chi connectivity index (χ0) is 77.0. The van der Waals surface area contributed by atoms with Gasteiger partial charge in [-0.2, -0.15) is 79.0 Å². The zero-order valence-electron chi connectivity index (χ0n) is 54.4. The molecule has 0 aromatic heterocycles. The number of amides is 6. The van der Waals surface area contributed by atoms with Gasteiger partial charge >= 0.3 is 37.1 Å². The maximum atomic E-state index is 16.0. The molecule has 15 rings (SSSR count). The average Bonchev–Trinajstić information content (AvgIpc) is 1.43. The highest BCUT2D eigenvalue weighted by atomic mass is 19.4. The number of benzene rings is 9. The van der Waals surface area contributed by atoms with Gasteiger partial charge in [-0.1, -0.05) is 0 Å². The Bertz CT molecular complexity index is 4570. The number of epoxide rings is 4. The molecule has 0 saturated carbocycles. The van der Waals surface area contributed by atoms with E-state index in [0.29, 0.717) is 97.1 Å². The van der Waals surface area contributed by atoms with Crippen LogP contribution in [0.4, 0.5) is 79.0 Å². The van der Waals surface area contributed by atoms with Crippen molar-refractivity contribution in [3.05, 3.63) is 166 Å². The molecular formula is C72H46F18N4O14. The Morgan fingerprint density at radius 2 is 0.546 bits per heavy atom. The maximum absolute atomic E-state index is 16.0. The first kappa shape index (κ1) is 72.8. The summed E-state index contributed by atoms with van der Waals surface area (Å²) >= 11 is 0. The molecule has 108 heavy (non-hydrogen) atoms. The van der Waals surface area contributed by atoms with Crippen LogP contribution in [-0.2, 0) is 53.2 Å². The highest BCUT2D eigenvalue weighted by Gasteiger charge is 2.53. The van der Waals surface area contributed by atoms with Crippen molar-refractivity contribution >= 4 is 78.5 Å².